The smallest absolute Gasteiger partial charge is 0.309 e. The van der Waals surface area contributed by atoms with Gasteiger partial charge in [-0.1, -0.05) is 115 Å². The minimum atomic E-state index is -0.995. The second kappa shape index (κ2) is 11.9. The molecule has 0 unspecified atom stereocenters. The zero-order valence-corrected chi connectivity index (χ0v) is 27.2. The van der Waals surface area contributed by atoms with Gasteiger partial charge in [0.1, 0.15) is 0 Å². The maximum Gasteiger partial charge on any atom is 0.309 e. The van der Waals surface area contributed by atoms with E-state index in [1.807, 2.05) is 74.5 Å². The third-order valence-corrected chi connectivity index (χ3v) is 9.96. The number of benzene rings is 5. The highest BCUT2D eigenvalue weighted by atomic mass is 32.1. The number of fused-ring (bicyclic) bond motifs is 3. The molecule has 0 spiro atoms. The Morgan fingerprint density at radius 3 is 1.76 bits per heavy atom. The lowest BCUT2D eigenvalue weighted by Gasteiger charge is -2.37. The van der Waals surface area contributed by atoms with Crippen molar-refractivity contribution >= 4 is 44.5 Å². The van der Waals surface area contributed by atoms with Gasteiger partial charge in [0.2, 0.25) is 0 Å². The van der Waals surface area contributed by atoms with Crippen LogP contribution >= 0.6 is 11.3 Å². The minimum Gasteiger partial charge on any atom is -0.427 e. The summed E-state index contributed by atoms with van der Waals surface area (Å²) in [6, 6.07) is 41.5. The molecule has 0 saturated heterocycles. The second-order valence-electron chi connectivity index (χ2n) is 12.6. The molecule has 0 atom stereocenters. The van der Waals surface area contributed by atoms with Gasteiger partial charge in [-0.2, -0.15) is 0 Å². The molecule has 5 aromatic carbocycles. The quantitative estimate of drug-likeness (QED) is 0.173. The molecule has 0 aliphatic rings. The highest BCUT2D eigenvalue weighted by molar-refractivity contribution is 7.26. The summed E-state index contributed by atoms with van der Waals surface area (Å²) in [5, 5.41) is 13.1. The largest absolute Gasteiger partial charge is 0.427 e. The summed E-state index contributed by atoms with van der Waals surface area (Å²) >= 11 is 1.80. The van der Waals surface area contributed by atoms with Gasteiger partial charge in [0.25, 0.3) is 0 Å². The van der Waals surface area contributed by atoms with Crippen molar-refractivity contribution in [3.05, 3.63) is 121 Å². The summed E-state index contributed by atoms with van der Waals surface area (Å²) in [5.74, 6) is 1.89. The van der Waals surface area contributed by atoms with Gasteiger partial charge in [0, 0.05) is 36.9 Å². The number of thiophene rings is 1. The summed E-state index contributed by atoms with van der Waals surface area (Å²) in [6.45, 7) is 7.43. The highest BCUT2D eigenvalue weighted by Crippen LogP contribution is 2.40. The van der Waals surface area contributed by atoms with Crippen molar-refractivity contribution in [2.75, 3.05) is 0 Å². The fourth-order valence-corrected chi connectivity index (χ4v) is 6.61. The van der Waals surface area contributed by atoms with Crippen molar-refractivity contribution < 1.29 is 9.76 Å². The Kier molecular flexibility index (Phi) is 7.77. The summed E-state index contributed by atoms with van der Waals surface area (Å²) in [4.78, 5) is 14.8. The zero-order valence-electron chi connectivity index (χ0n) is 26.4. The summed E-state index contributed by atoms with van der Waals surface area (Å²) < 4.78 is 8.79. The molecule has 5 nitrogen and oxygen atoms in total. The van der Waals surface area contributed by atoms with Crippen LogP contribution in [0.3, 0.4) is 0 Å². The lowest BCUT2D eigenvalue weighted by molar-refractivity contribution is -0.0893. The number of hydrogen-bond acceptors (Lipinski definition) is 6. The zero-order chi connectivity index (χ0) is 31.9. The van der Waals surface area contributed by atoms with E-state index in [4.69, 9.17) is 19.6 Å². The standard InChI is InChI=1S/C39H34BN3O2S/c1-38(2,44)39(3,4)45-40-29-23-31(34-32(24-29)30-20-11-12-21-33(30)46-34)27-18-13-19-28(22-27)37-42-35(25-14-7-5-8-15-25)41-36(43-37)26-16-9-6-10-17-26/h5-24,40,44H,1-4H3. The molecule has 7 aromatic rings. The molecule has 1 N–H and O–H groups in total. The van der Waals surface area contributed by atoms with Crippen LogP contribution in [0.25, 0.3) is 65.5 Å². The average Bonchev–Trinajstić information content (AvgIpc) is 3.46. The van der Waals surface area contributed by atoms with Crippen LogP contribution in [0.2, 0.25) is 0 Å². The Labute approximate surface area is 273 Å². The Balaban J connectivity index is 1.37. The van der Waals surface area contributed by atoms with Crippen LogP contribution < -0.4 is 5.46 Å². The predicted molar refractivity (Wildman–Crippen MR) is 193 cm³/mol. The molecule has 226 valence electrons. The van der Waals surface area contributed by atoms with Gasteiger partial charge >= 0.3 is 7.48 Å². The van der Waals surface area contributed by atoms with Gasteiger partial charge in [-0.25, -0.2) is 15.0 Å². The van der Waals surface area contributed by atoms with E-state index in [-0.39, 0.29) is 0 Å². The number of aromatic nitrogens is 3. The van der Waals surface area contributed by atoms with Crippen LogP contribution in [0.5, 0.6) is 0 Å². The minimum absolute atomic E-state index is 0.373. The predicted octanol–water partition coefficient (Wildman–Crippen LogP) is 8.45. The summed E-state index contributed by atoms with van der Waals surface area (Å²) in [7, 11) is 0.373. The Bertz CT molecular complexity index is 2120. The molecule has 0 bridgehead atoms. The third-order valence-electron chi connectivity index (χ3n) is 8.74. The molecule has 2 aromatic heterocycles. The van der Waals surface area contributed by atoms with Crippen LogP contribution in [-0.2, 0) is 4.65 Å². The van der Waals surface area contributed by atoms with E-state index in [1.54, 1.807) is 25.2 Å². The molecule has 0 saturated carbocycles. The van der Waals surface area contributed by atoms with Crippen LogP contribution in [0.1, 0.15) is 27.7 Å². The second-order valence-corrected chi connectivity index (χ2v) is 13.6. The van der Waals surface area contributed by atoms with E-state index >= 15 is 0 Å². The van der Waals surface area contributed by atoms with Crippen LogP contribution in [0.15, 0.2) is 121 Å². The molecule has 7 rings (SSSR count). The molecule has 0 aliphatic carbocycles. The van der Waals surface area contributed by atoms with E-state index in [2.05, 4.69) is 60.7 Å². The first kappa shape index (κ1) is 30.0. The maximum absolute atomic E-state index is 10.7. The maximum atomic E-state index is 10.7. The summed E-state index contributed by atoms with van der Waals surface area (Å²) in [6.07, 6.45) is 0. The van der Waals surface area contributed by atoms with E-state index < -0.39 is 11.2 Å². The number of rotatable bonds is 8. The van der Waals surface area contributed by atoms with Gasteiger partial charge in [-0.05, 0) is 51.0 Å². The molecule has 0 radical (unpaired) electrons. The molecule has 0 fully saturated rings. The SMILES string of the molecule is CC(C)(O)C(C)(C)OBc1cc(-c2cccc(-c3nc(-c4ccccc4)nc(-c4ccccc4)n3)c2)c2sc3ccccc3c2c1. The van der Waals surface area contributed by atoms with E-state index in [9.17, 15) is 5.11 Å². The van der Waals surface area contributed by atoms with Crippen LogP contribution in [0.4, 0.5) is 0 Å². The molecule has 0 amide bonds. The number of hydrogen-bond donors (Lipinski definition) is 1. The number of aliphatic hydroxyl groups is 1. The van der Waals surface area contributed by atoms with Crippen molar-refractivity contribution in [1.29, 1.82) is 0 Å². The van der Waals surface area contributed by atoms with Crippen LogP contribution in [-0.4, -0.2) is 38.7 Å². The van der Waals surface area contributed by atoms with Crippen molar-refractivity contribution in [1.82, 2.24) is 15.0 Å². The topological polar surface area (TPSA) is 68.1 Å². The number of nitrogens with zero attached hydrogens (tertiary/aromatic N) is 3. The molecular formula is C39H34BN3O2S. The van der Waals surface area contributed by atoms with E-state index in [0.29, 0.717) is 25.0 Å². The Hall–Kier alpha value is -4.69. The van der Waals surface area contributed by atoms with E-state index in [1.165, 1.54) is 20.2 Å². The van der Waals surface area contributed by atoms with E-state index in [0.717, 1.165) is 33.3 Å². The van der Waals surface area contributed by atoms with Crippen molar-refractivity contribution in [2.45, 2.75) is 38.9 Å². The van der Waals surface area contributed by atoms with Gasteiger partial charge < -0.3 is 9.76 Å². The van der Waals surface area contributed by atoms with Gasteiger partial charge in [0.15, 0.2) is 17.5 Å². The fraction of sp³-hybridized carbons (Fsp3) is 0.154. The Morgan fingerprint density at radius 1 is 0.587 bits per heavy atom. The molecule has 2 heterocycles. The first-order valence-corrected chi connectivity index (χ1v) is 16.3. The highest BCUT2D eigenvalue weighted by Gasteiger charge is 2.35. The molecule has 0 aliphatic heterocycles. The lowest BCUT2D eigenvalue weighted by atomic mass is 9.81. The molecule has 46 heavy (non-hydrogen) atoms. The van der Waals surface area contributed by atoms with Gasteiger partial charge in [0.05, 0.1) is 11.2 Å². The van der Waals surface area contributed by atoms with Crippen LogP contribution in [0, 0.1) is 0 Å². The normalized spacial score (nSPS) is 12.1. The fourth-order valence-electron chi connectivity index (χ4n) is 5.39. The Morgan fingerprint density at radius 2 is 1.13 bits per heavy atom. The first-order valence-electron chi connectivity index (χ1n) is 15.4. The molecular weight excluding hydrogens is 585 g/mol. The third kappa shape index (κ3) is 5.85. The molecule has 7 heteroatoms. The van der Waals surface area contributed by atoms with Crippen molar-refractivity contribution in [3.8, 4) is 45.3 Å². The van der Waals surface area contributed by atoms with Crippen molar-refractivity contribution in [3.63, 3.8) is 0 Å². The average molecular weight is 620 g/mol. The lowest BCUT2D eigenvalue weighted by Crippen LogP contribution is -2.49. The first-order chi connectivity index (χ1) is 22.2. The van der Waals surface area contributed by atoms with Gasteiger partial charge in [-0.15, -0.1) is 11.3 Å². The van der Waals surface area contributed by atoms with Crippen molar-refractivity contribution in [2.24, 2.45) is 0 Å². The van der Waals surface area contributed by atoms with Gasteiger partial charge in [-0.3, -0.25) is 0 Å². The summed E-state index contributed by atoms with van der Waals surface area (Å²) in [5.41, 5.74) is 4.30. The monoisotopic (exact) mass is 619 g/mol.